The first-order chi connectivity index (χ1) is 15.4. The number of rotatable bonds is 9. The number of nitrogens with zero attached hydrogens (tertiary/aromatic N) is 2. The minimum absolute atomic E-state index is 0.187. The zero-order valence-electron chi connectivity index (χ0n) is 18.5. The van der Waals surface area contributed by atoms with Crippen molar-refractivity contribution in [3.63, 3.8) is 0 Å². The van der Waals surface area contributed by atoms with Crippen molar-refractivity contribution in [3.05, 3.63) is 77.6 Å². The number of carbonyl (C=O) groups is 2. The molecular formula is C24H28N4O4. The Morgan fingerprint density at radius 1 is 1.06 bits per heavy atom. The molecule has 0 fully saturated rings. The molecule has 0 spiro atoms. The van der Waals surface area contributed by atoms with Gasteiger partial charge in [0.25, 0.3) is 0 Å². The fourth-order valence-corrected chi connectivity index (χ4v) is 2.88. The highest BCUT2D eigenvalue weighted by Gasteiger charge is 2.11. The fourth-order valence-electron chi connectivity index (χ4n) is 2.88. The molecule has 8 nitrogen and oxygen atoms in total. The zero-order chi connectivity index (χ0) is 22.9. The van der Waals surface area contributed by atoms with Crippen LogP contribution in [0.5, 0.6) is 0 Å². The quantitative estimate of drug-likeness (QED) is 0.488. The van der Waals surface area contributed by atoms with Crippen LogP contribution < -0.4 is 10.6 Å². The number of esters is 1. The number of benzene rings is 2. The Morgan fingerprint density at radius 2 is 1.81 bits per heavy atom. The predicted octanol–water partition coefficient (Wildman–Crippen LogP) is 4.30. The Morgan fingerprint density at radius 3 is 2.53 bits per heavy atom. The molecular weight excluding hydrogens is 408 g/mol. The van der Waals surface area contributed by atoms with Crippen LogP contribution in [0.2, 0.25) is 0 Å². The van der Waals surface area contributed by atoms with E-state index in [9.17, 15) is 9.59 Å². The highest BCUT2D eigenvalue weighted by atomic mass is 16.5. The summed E-state index contributed by atoms with van der Waals surface area (Å²) in [7, 11) is 0. The number of anilines is 1. The van der Waals surface area contributed by atoms with Crippen LogP contribution in [0.4, 0.5) is 10.5 Å². The van der Waals surface area contributed by atoms with E-state index in [-0.39, 0.29) is 24.4 Å². The van der Waals surface area contributed by atoms with Crippen LogP contribution >= 0.6 is 0 Å². The molecule has 0 aliphatic rings. The molecule has 2 amide bonds. The van der Waals surface area contributed by atoms with Gasteiger partial charge >= 0.3 is 12.0 Å². The molecule has 8 heteroatoms. The number of hydrogen-bond donors (Lipinski definition) is 2. The highest BCUT2D eigenvalue weighted by Crippen LogP contribution is 2.15. The second-order valence-corrected chi connectivity index (χ2v) is 7.40. The molecule has 0 aliphatic heterocycles. The van der Waals surface area contributed by atoms with Crippen molar-refractivity contribution in [2.24, 2.45) is 0 Å². The van der Waals surface area contributed by atoms with E-state index >= 15 is 0 Å². The van der Waals surface area contributed by atoms with E-state index in [1.54, 1.807) is 42.1 Å². The molecule has 3 rings (SSSR count). The Hall–Kier alpha value is -3.65. The van der Waals surface area contributed by atoms with Crippen molar-refractivity contribution in [2.75, 3.05) is 11.9 Å². The molecule has 2 N–H and O–H groups in total. The van der Waals surface area contributed by atoms with Gasteiger partial charge in [-0.25, -0.2) is 14.3 Å². The minimum atomic E-state index is -0.472. The van der Waals surface area contributed by atoms with E-state index in [0.717, 1.165) is 11.1 Å². The summed E-state index contributed by atoms with van der Waals surface area (Å²) < 4.78 is 12.1. The average molecular weight is 437 g/mol. The smallest absolute Gasteiger partial charge is 0.358 e. The lowest BCUT2D eigenvalue weighted by Gasteiger charge is -2.10. The van der Waals surface area contributed by atoms with Crippen molar-refractivity contribution in [1.29, 1.82) is 0 Å². The van der Waals surface area contributed by atoms with Crippen LogP contribution in [0.25, 0.3) is 5.69 Å². The van der Waals surface area contributed by atoms with Crippen molar-refractivity contribution in [3.8, 4) is 5.69 Å². The molecule has 0 radical (unpaired) electrons. The second kappa shape index (κ2) is 11.1. The Bertz CT molecular complexity index is 1040. The van der Waals surface area contributed by atoms with E-state index < -0.39 is 5.97 Å². The van der Waals surface area contributed by atoms with Gasteiger partial charge in [-0.2, -0.15) is 5.10 Å². The fraction of sp³-hybridized carbons (Fsp3) is 0.292. The van der Waals surface area contributed by atoms with Gasteiger partial charge in [0.05, 0.1) is 25.0 Å². The van der Waals surface area contributed by atoms with Crippen LogP contribution in [0, 0.1) is 0 Å². The number of urea groups is 1. The van der Waals surface area contributed by atoms with Gasteiger partial charge in [0.1, 0.15) is 0 Å². The number of hydrogen-bond acceptors (Lipinski definition) is 5. The van der Waals surface area contributed by atoms with Crippen LogP contribution in [0.15, 0.2) is 60.8 Å². The van der Waals surface area contributed by atoms with Crippen molar-refractivity contribution >= 4 is 17.7 Å². The molecule has 32 heavy (non-hydrogen) atoms. The first-order valence-electron chi connectivity index (χ1n) is 10.5. The maximum atomic E-state index is 12.3. The van der Waals surface area contributed by atoms with Crippen LogP contribution in [-0.2, 0) is 22.6 Å². The van der Waals surface area contributed by atoms with E-state index in [2.05, 4.69) is 15.7 Å². The third-order valence-electron chi connectivity index (χ3n) is 4.50. The maximum Gasteiger partial charge on any atom is 0.358 e. The van der Waals surface area contributed by atoms with Gasteiger partial charge in [-0.3, -0.25) is 0 Å². The number of ether oxygens (including phenoxy) is 2. The lowest BCUT2D eigenvalue weighted by Crippen LogP contribution is -2.28. The van der Waals surface area contributed by atoms with Crippen molar-refractivity contribution < 1.29 is 19.1 Å². The Kier molecular flexibility index (Phi) is 7.99. The monoisotopic (exact) mass is 436 g/mol. The topological polar surface area (TPSA) is 94.5 Å². The minimum Gasteiger partial charge on any atom is -0.461 e. The predicted molar refractivity (Wildman–Crippen MR) is 122 cm³/mol. The zero-order valence-corrected chi connectivity index (χ0v) is 18.5. The van der Waals surface area contributed by atoms with E-state index in [1.807, 2.05) is 44.2 Å². The number of nitrogens with one attached hydrogen (secondary N) is 2. The summed E-state index contributed by atoms with van der Waals surface area (Å²) in [6, 6.07) is 16.4. The molecule has 0 unspecified atom stereocenters. The van der Waals surface area contributed by atoms with Crippen molar-refractivity contribution in [2.45, 2.75) is 40.0 Å². The number of aromatic nitrogens is 2. The van der Waals surface area contributed by atoms with E-state index in [4.69, 9.17) is 9.47 Å². The van der Waals surface area contributed by atoms with Gasteiger partial charge in [-0.1, -0.05) is 30.3 Å². The van der Waals surface area contributed by atoms with E-state index in [1.165, 1.54) is 0 Å². The summed E-state index contributed by atoms with van der Waals surface area (Å²) in [5, 5.41) is 9.89. The lowest BCUT2D eigenvalue weighted by molar-refractivity contribution is 0.0519. The molecule has 0 aliphatic carbocycles. The molecule has 0 atom stereocenters. The molecule has 1 aromatic heterocycles. The summed E-state index contributed by atoms with van der Waals surface area (Å²) in [5.41, 5.74) is 3.62. The molecule has 0 saturated heterocycles. The third kappa shape index (κ3) is 6.68. The molecule has 3 aromatic rings. The maximum absolute atomic E-state index is 12.3. The SMILES string of the molecule is CCOC(=O)c1ccn(-c2cccc(NC(=O)NCc3ccc(COC(C)C)cc3)c2)n1. The molecule has 168 valence electrons. The summed E-state index contributed by atoms with van der Waals surface area (Å²) in [6.45, 7) is 7.01. The van der Waals surface area contributed by atoms with Crippen LogP contribution in [0.3, 0.4) is 0 Å². The first kappa shape index (κ1) is 23.0. The standard InChI is InChI=1S/C24H28N4O4/c1-4-31-23(29)22-12-13-28(27-22)21-7-5-6-20(14-21)26-24(30)25-15-18-8-10-19(11-9-18)16-32-17(2)3/h5-14,17H,4,15-16H2,1-3H3,(H2,25,26,30). The summed E-state index contributed by atoms with van der Waals surface area (Å²) >= 11 is 0. The molecule has 0 saturated carbocycles. The van der Waals surface area contributed by atoms with Crippen molar-refractivity contribution in [1.82, 2.24) is 15.1 Å². The lowest BCUT2D eigenvalue weighted by atomic mass is 10.1. The van der Waals surface area contributed by atoms with Gasteiger partial charge in [-0.15, -0.1) is 0 Å². The van der Waals surface area contributed by atoms with Crippen LogP contribution in [-0.4, -0.2) is 34.5 Å². The molecule has 0 bridgehead atoms. The first-order valence-corrected chi connectivity index (χ1v) is 10.5. The summed E-state index contributed by atoms with van der Waals surface area (Å²) in [5.74, 6) is -0.472. The van der Waals surface area contributed by atoms with Gasteiger partial charge in [0, 0.05) is 18.4 Å². The van der Waals surface area contributed by atoms with Gasteiger partial charge in [-0.05, 0) is 56.2 Å². The third-order valence-corrected chi connectivity index (χ3v) is 4.50. The van der Waals surface area contributed by atoms with E-state index in [0.29, 0.717) is 24.5 Å². The van der Waals surface area contributed by atoms with Crippen LogP contribution in [0.1, 0.15) is 42.4 Å². The summed E-state index contributed by atoms with van der Waals surface area (Å²) in [4.78, 5) is 24.1. The molecule has 2 aromatic carbocycles. The normalized spacial score (nSPS) is 10.8. The van der Waals surface area contributed by atoms with Gasteiger partial charge in [0.2, 0.25) is 0 Å². The Balaban J connectivity index is 1.54. The summed E-state index contributed by atoms with van der Waals surface area (Å²) in [6.07, 6.45) is 1.85. The Labute approximate surface area is 187 Å². The molecule has 1 heterocycles. The number of amides is 2. The number of carbonyl (C=O) groups excluding carboxylic acids is 2. The highest BCUT2D eigenvalue weighted by molar-refractivity contribution is 5.89. The second-order valence-electron chi connectivity index (χ2n) is 7.40. The largest absolute Gasteiger partial charge is 0.461 e. The average Bonchev–Trinajstić information content (AvgIpc) is 3.28. The van der Waals surface area contributed by atoms with Gasteiger partial charge in [0.15, 0.2) is 5.69 Å². The van der Waals surface area contributed by atoms with Gasteiger partial charge < -0.3 is 20.1 Å².